The van der Waals surface area contributed by atoms with Gasteiger partial charge < -0.3 is 9.73 Å². The third kappa shape index (κ3) is 4.22. The van der Waals surface area contributed by atoms with Gasteiger partial charge in [-0.2, -0.15) is 5.26 Å². The van der Waals surface area contributed by atoms with Gasteiger partial charge in [-0.15, -0.1) is 0 Å². The monoisotopic (exact) mass is 347 g/mol. The highest BCUT2D eigenvalue weighted by atomic mass is 32.2. The predicted molar refractivity (Wildman–Crippen MR) is 87.2 cm³/mol. The van der Waals surface area contributed by atoms with Gasteiger partial charge in [0.2, 0.25) is 15.9 Å². The van der Waals surface area contributed by atoms with Crippen molar-refractivity contribution in [3.05, 3.63) is 48.4 Å². The van der Waals surface area contributed by atoms with Crippen LogP contribution in [0, 0.1) is 16.7 Å². The molecule has 8 heteroatoms. The van der Waals surface area contributed by atoms with Gasteiger partial charge in [0, 0.05) is 5.69 Å². The van der Waals surface area contributed by atoms with Crippen molar-refractivity contribution in [2.24, 2.45) is 5.41 Å². The molecule has 1 amide bonds. The number of nitrogens with one attached hydrogen (secondary N) is 2. The lowest BCUT2D eigenvalue weighted by atomic mass is 9.95. The van der Waals surface area contributed by atoms with Crippen LogP contribution in [-0.4, -0.2) is 14.3 Å². The maximum absolute atomic E-state index is 12.3. The Morgan fingerprint density at radius 2 is 2.04 bits per heavy atom. The van der Waals surface area contributed by atoms with E-state index in [-0.39, 0.29) is 11.4 Å². The Bertz CT molecular complexity index is 865. The minimum atomic E-state index is -3.76. The van der Waals surface area contributed by atoms with Crippen molar-refractivity contribution in [1.82, 2.24) is 4.72 Å². The maximum Gasteiger partial charge on any atom is 0.244 e. The van der Waals surface area contributed by atoms with Crippen LogP contribution < -0.4 is 10.0 Å². The molecular weight excluding hydrogens is 330 g/mol. The number of carbonyl (C=O) groups is 1. The topological polar surface area (TPSA) is 112 Å². The van der Waals surface area contributed by atoms with E-state index >= 15 is 0 Å². The molecule has 2 N–H and O–H groups in total. The fraction of sp³-hybridized carbons (Fsp3) is 0.250. The van der Waals surface area contributed by atoms with Crippen molar-refractivity contribution >= 4 is 21.6 Å². The van der Waals surface area contributed by atoms with Gasteiger partial charge in [-0.3, -0.25) is 4.79 Å². The summed E-state index contributed by atoms with van der Waals surface area (Å²) in [6, 6.07) is 11.0. The molecule has 0 fully saturated rings. The lowest BCUT2D eigenvalue weighted by molar-refractivity contribution is -0.121. The first-order valence-electron chi connectivity index (χ1n) is 7.09. The Morgan fingerprint density at radius 1 is 1.29 bits per heavy atom. The minimum Gasteiger partial charge on any atom is -0.468 e. The summed E-state index contributed by atoms with van der Waals surface area (Å²) >= 11 is 0. The SMILES string of the molecule is CC(C)(C#N)C(=O)Nc1cccc(S(=O)(=O)NCc2ccco2)c1. The molecule has 0 atom stereocenters. The smallest absolute Gasteiger partial charge is 0.244 e. The fourth-order valence-corrected chi connectivity index (χ4v) is 2.78. The lowest BCUT2D eigenvalue weighted by Crippen LogP contribution is -2.29. The normalized spacial score (nSPS) is 11.7. The Morgan fingerprint density at radius 3 is 2.67 bits per heavy atom. The Hall–Kier alpha value is -2.63. The third-order valence-corrected chi connectivity index (χ3v) is 4.66. The average molecular weight is 347 g/mol. The second-order valence-electron chi connectivity index (χ2n) is 5.62. The number of nitriles is 1. The van der Waals surface area contributed by atoms with Crippen molar-refractivity contribution in [1.29, 1.82) is 5.26 Å². The molecule has 0 aliphatic rings. The fourth-order valence-electron chi connectivity index (χ4n) is 1.74. The van der Waals surface area contributed by atoms with Crippen LogP contribution in [-0.2, 0) is 21.4 Å². The van der Waals surface area contributed by atoms with Crippen LogP contribution >= 0.6 is 0 Å². The zero-order chi connectivity index (χ0) is 17.8. The molecule has 2 rings (SSSR count). The molecule has 1 heterocycles. The molecule has 7 nitrogen and oxygen atoms in total. The summed E-state index contributed by atoms with van der Waals surface area (Å²) in [5, 5.41) is 11.5. The molecule has 0 saturated heterocycles. The Kier molecular flexibility index (Phi) is 5.07. The highest BCUT2D eigenvalue weighted by Crippen LogP contribution is 2.20. The number of benzene rings is 1. The number of rotatable bonds is 6. The van der Waals surface area contributed by atoms with Crippen LogP contribution in [0.4, 0.5) is 5.69 Å². The van der Waals surface area contributed by atoms with Crippen LogP contribution in [0.1, 0.15) is 19.6 Å². The number of furan rings is 1. The van der Waals surface area contributed by atoms with Gasteiger partial charge in [-0.1, -0.05) is 6.07 Å². The summed E-state index contributed by atoms with van der Waals surface area (Å²) in [6.45, 7) is 2.98. The van der Waals surface area contributed by atoms with Crippen molar-refractivity contribution in [2.45, 2.75) is 25.3 Å². The Balaban J connectivity index is 2.14. The molecule has 24 heavy (non-hydrogen) atoms. The quantitative estimate of drug-likeness (QED) is 0.832. The summed E-state index contributed by atoms with van der Waals surface area (Å²) in [4.78, 5) is 12.0. The van der Waals surface area contributed by atoms with E-state index in [0.29, 0.717) is 11.4 Å². The van der Waals surface area contributed by atoms with Gasteiger partial charge in [0.1, 0.15) is 11.2 Å². The van der Waals surface area contributed by atoms with Crippen LogP contribution in [0.25, 0.3) is 0 Å². The zero-order valence-electron chi connectivity index (χ0n) is 13.2. The molecule has 2 aromatic rings. The molecule has 126 valence electrons. The minimum absolute atomic E-state index is 0.00150. The lowest BCUT2D eigenvalue weighted by Gasteiger charge is -2.15. The molecule has 0 bridgehead atoms. The summed E-state index contributed by atoms with van der Waals surface area (Å²) < 4.78 is 32.1. The van der Waals surface area contributed by atoms with Crippen LogP contribution in [0.2, 0.25) is 0 Å². The van der Waals surface area contributed by atoms with Gasteiger partial charge in [0.25, 0.3) is 0 Å². The van der Waals surface area contributed by atoms with Crippen LogP contribution in [0.15, 0.2) is 52.0 Å². The summed E-state index contributed by atoms with van der Waals surface area (Å²) in [5.74, 6) is -0.0260. The molecule has 0 unspecified atom stereocenters. The molecule has 0 spiro atoms. The zero-order valence-corrected chi connectivity index (χ0v) is 14.1. The van der Waals surface area contributed by atoms with Gasteiger partial charge in [-0.05, 0) is 44.2 Å². The van der Waals surface area contributed by atoms with Crippen LogP contribution in [0.3, 0.4) is 0 Å². The average Bonchev–Trinajstić information content (AvgIpc) is 3.07. The van der Waals surface area contributed by atoms with Crippen LogP contribution in [0.5, 0.6) is 0 Å². The number of amides is 1. The van der Waals surface area contributed by atoms with Crippen molar-refractivity contribution < 1.29 is 17.6 Å². The highest BCUT2D eigenvalue weighted by molar-refractivity contribution is 7.89. The number of sulfonamides is 1. The van der Waals surface area contributed by atoms with E-state index in [1.54, 1.807) is 18.2 Å². The number of nitrogens with zero attached hydrogens (tertiary/aromatic N) is 1. The first-order chi connectivity index (χ1) is 11.2. The third-order valence-electron chi connectivity index (χ3n) is 3.27. The number of carbonyl (C=O) groups excluding carboxylic acids is 1. The number of hydrogen-bond acceptors (Lipinski definition) is 5. The molecular formula is C16H17N3O4S. The molecule has 1 aromatic carbocycles. The predicted octanol–water partition coefficient (Wildman–Crippen LogP) is 2.25. The first-order valence-corrected chi connectivity index (χ1v) is 8.58. The van der Waals surface area contributed by atoms with E-state index in [4.69, 9.17) is 9.68 Å². The molecule has 0 radical (unpaired) electrons. The number of hydrogen-bond donors (Lipinski definition) is 2. The molecule has 0 aliphatic carbocycles. The molecule has 0 saturated carbocycles. The summed E-state index contributed by atoms with van der Waals surface area (Å²) in [6.07, 6.45) is 1.46. The summed E-state index contributed by atoms with van der Waals surface area (Å²) in [5.41, 5.74) is -0.920. The van der Waals surface area contributed by atoms with Gasteiger partial charge in [0.15, 0.2) is 0 Å². The second-order valence-corrected chi connectivity index (χ2v) is 7.39. The number of anilines is 1. The standard InChI is InChI=1S/C16H17N3O4S/c1-16(2,11-17)15(20)19-12-5-3-7-14(9-12)24(21,22)18-10-13-6-4-8-23-13/h3-9,18H,10H2,1-2H3,(H,19,20). The first kappa shape index (κ1) is 17.7. The van der Waals surface area contributed by atoms with Crippen molar-refractivity contribution in [2.75, 3.05) is 5.32 Å². The van der Waals surface area contributed by atoms with E-state index in [9.17, 15) is 13.2 Å². The van der Waals surface area contributed by atoms with E-state index in [1.807, 2.05) is 6.07 Å². The second kappa shape index (κ2) is 6.86. The molecule has 0 aliphatic heterocycles. The van der Waals surface area contributed by atoms with Gasteiger partial charge in [0.05, 0.1) is 23.8 Å². The molecule has 1 aromatic heterocycles. The van der Waals surface area contributed by atoms with Crippen molar-refractivity contribution in [3.8, 4) is 6.07 Å². The highest BCUT2D eigenvalue weighted by Gasteiger charge is 2.27. The largest absolute Gasteiger partial charge is 0.468 e. The van der Waals surface area contributed by atoms with Gasteiger partial charge >= 0.3 is 0 Å². The maximum atomic E-state index is 12.3. The van der Waals surface area contributed by atoms with E-state index < -0.39 is 21.3 Å². The van der Waals surface area contributed by atoms with E-state index in [1.165, 1.54) is 38.3 Å². The van der Waals surface area contributed by atoms with E-state index in [0.717, 1.165) is 0 Å². The Labute approximate surface area is 140 Å². The van der Waals surface area contributed by atoms with Crippen molar-refractivity contribution in [3.63, 3.8) is 0 Å². The van der Waals surface area contributed by atoms with Gasteiger partial charge in [-0.25, -0.2) is 13.1 Å². The van der Waals surface area contributed by atoms with E-state index in [2.05, 4.69) is 10.0 Å². The summed E-state index contributed by atoms with van der Waals surface area (Å²) in [7, 11) is -3.76.